The van der Waals surface area contributed by atoms with Gasteiger partial charge in [0.05, 0.1) is 34.8 Å². The Hall–Kier alpha value is -1.85. The van der Waals surface area contributed by atoms with Crippen molar-refractivity contribution in [2.45, 2.75) is 6.92 Å². The van der Waals surface area contributed by atoms with E-state index in [0.717, 1.165) is 11.4 Å². The minimum absolute atomic E-state index is 0.247. The van der Waals surface area contributed by atoms with Crippen LogP contribution < -0.4 is 15.8 Å². The molecule has 0 saturated carbocycles. The van der Waals surface area contributed by atoms with Crippen molar-refractivity contribution >= 4 is 40.2 Å². The number of anilines is 2. The average Bonchev–Trinajstić information content (AvgIpc) is 2.41. The fourth-order valence-corrected chi connectivity index (χ4v) is 2.27. The van der Waals surface area contributed by atoms with Crippen molar-refractivity contribution in [3.05, 3.63) is 47.1 Å². The largest absolute Gasteiger partial charge is 0.478 e. The molecule has 20 heavy (non-hydrogen) atoms. The Balaban J connectivity index is 2.26. The van der Waals surface area contributed by atoms with Crippen LogP contribution in [-0.4, -0.2) is 16.6 Å². The number of aromatic nitrogens is 1. The van der Waals surface area contributed by atoms with E-state index in [4.69, 9.17) is 34.3 Å². The molecule has 4 nitrogen and oxygen atoms in total. The van der Waals surface area contributed by atoms with Gasteiger partial charge in [-0.3, -0.25) is 0 Å². The van der Waals surface area contributed by atoms with Gasteiger partial charge in [0, 0.05) is 6.07 Å². The van der Waals surface area contributed by atoms with Gasteiger partial charge in [-0.2, -0.15) is 0 Å². The first kappa shape index (κ1) is 14.6. The molecule has 0 saturated heterocycles. The quantitative estimate of drug-likeness (QED) is 0.828. The SMILES string of the molecule is CCOc1ccc(Nc2cccc(Cl)c2C(N)=S)cn1. The van der Waals surface area contributed by atoms with Crippen LogP contribution in [0.25, 0.3) is 0 Å². The van der Waals surface area contributed by atoms with Gasteiger partial charge in [-0.25, -0.2) is 4.98 Å². The highest BCUT2D eigenvalue weighted by Gasteiger charge is 2.10. The Bertz CT molecular complexity index is 616. The highest BCUT2D eigenvalue weighted by Crippen LogP contribution is 2.27. The number of thiocarbonyl (C=S) groups is 1. The molecule has 1 aromatic carbocycles. The van der Waals surface area contributed by atoms with Crippen LogP contribution in [0.5, 0.6) is 5.88 Å². The lowest BCUT2D eigenvalue weighted by molar-refractivity contribution is 0.327. The first-order chi connectivity index (χ1) is 9.61. The summed E-state index contributed by atoms with van der Waals surface area (Å²) in [6.45, 7) is 2.49. The highest BCUT2D eigenvalue weighted by molar-refractivity contribution is 7.80. The summed E-state index contributed by atoms with van der Waals surface area (Å²) in [5, 5.41) is 3.71. The summed E-state index contributed by atoms with van der Waals surface area (Å²) in [4.78, 5) is 4.43. The van der Waals surface area contributed by atoms with E-state index >= 15 is 0 Å². The fourth-order valence-electron chi connectivity index (χ4n) is 1.72. The second-order valence-corrected chi connectivity index (χ2v) is 4.82. The number of pyridine rings is 1. The van der Waals surface area contributed by atoms with Crippen LogP contribution in [-0.2, 0) is 0 Å². The monoisotopic (exact) mass is 307 g/mol. The third-order valence-corrected chi connectivity index (χ3v) is 3.09. The Kier molecular flexibility index (Phi) is 4.76. The van der Waals surface area contributed by atoms with Crippen LogP contribution in [0.4, 0.5) is 11.4 Å². The number of nitrogens with one attached hydrogen (secondary N) is 1. The van der Waals surface area contributed by atoms with Crippen molar-refractivity contribution in [2.75, 3.05) is 11.9 Å². The molecule has 0 amide bonds. The number of hydrogen-bond acceptors (Lipinski definition) is 4. The summed E-state index contributed by atoms with van der Waals surface area (Å²) in [6.07, 6.45) is 1.68. The van der Waals surface area contributed by atoms with Gasteiger partial charge in [0.1, 0.15) is 4.99 Å². The minimum Gasteiger partial charge on any atom is -0.478 e. The van der Waals surface area contributed by atoms with E-state index < -0.39 is 0 Å². The van der Waals surface area contributed by atoms with Crippen LogP contribution >= 0.6 is 23.8 Å². The van der Waals surface area contributed by atoms with Gasteiger partial charge in [0.2, 0.25) is 5.88 Å². The van der Waals surface area contributed by atoms with Crippen molar-refractivity contribution in [3.8, 4) is 5.88 Å². The molecule has 2 rings (SSSR count). The molecule has 104 valence electrons. The maximum atomic E-state index is 6.11. The van der Waals surface area contributed by atoms with Gasteiger partial charge < -0.3 is 15.8 Å². The molecule has 0 atom stereocenters. The van der Waals surface area contributed by atoms with Crippen molar-refractivity contribution in [1.29, 1.82) is 0 Å². The average molecular weight is 308 g/mol. The van der Waals surface area contributed by atoms with Gasteiger partial charge in [0.25, 0.3) is 0 Å². The molecule has 0 aliphatic rings. The molecule has 0 bridgehead atoms. The van der Waals surface area contributed by atoms with Crippen molar-refractivity contribution in [3.63, 3.8) is 0 Å². The fraction of sp³-hybridized carbons (Fsp3) is 0.143. The lowest BCUT2D eigenvalue weighted by atomic mass is 10.1. The van der Waals surface area contributed by atoms with Crippen molar-refractivity contribution in [1.82, 2.24) is 4.98 Å². The Morgan fingerprint density at radius 3 is 2.80 bits per heavy atom. The predicted molar refractivity (Wildman–Crippen MR) is 86.0 cm³/mol. The smallest absolute Gasteiger partial charge is 0.213 e. The Morgan fingerprint density at radius 2 is 2.20 bits per heavy atom. The molecule has 0 unspecified atom stereocenters. The number of halogens is 1. The number of hydrogen-bond donors (Lipinski definition) is 2. The standard InChI is InChI=1S/C14H14ClN3OS/c1-2-19-12-7-6-9(8-17-12)18-11-5-3-4-10(15)13(11)14(16)20/h3-8,18H,2H2,1H3,(H2,16,20). The maximum absolute atomic E-state index is 6.11. The Morgan fingerprint density at radius 1 is 1.40 bits per heavy atom. The topological polar surface area (TPSA) is 60.2 Å². The van der Waals surface area contributed by atoms with Gasteiger partial charge in [0.15, 0.2) is 0 Å². The molecule has 3 N–H and O–H groups in total. The summed E-state index contributed by atoms with van der Waals surface area (Å²) in [7, 11) is 0. The summed E-state index contributed by atoms with van der Waals surface area (Å²) in [5.74, 6) is 0.582. The lowest BCUT2D eigenvalue weighted by Gasteiger charge is -2.12. The first-order valence-electron chi connectivity index (χ1n) is 6.06. The molecule has 0 aliphatic carbocycles. The van der Waals surface area contributed by atoms with Gasteiger partial charge in [-0.05, 0) is 25.1 Å². The van der Waals surface area contributed by atoms with Crippen LogP contribution in [0, 0.1) is 0 Å². The summed E-state index contributed by atoms with van der Waals surface area (Å²) < 4.78 is 5.29. The van der Waals surface area contributed by atoms with Crippen LogP contribution in [0.3, 0.4) is 0 Å². The summed E-state index contributed by atoms with van der Waals surface area (Å²) in [5.41, 5.74) is 7.87. The minimum atomic E-state index is 0.247. The van der Waals surface area contributed by atoms with E-state index in [1.165, 1.54) is 0 Å². The van der Waals surface area contributed by atoms with Crippen molar-refractivity contribution in [2.24, 2.45) is 5.73 Å². The summed E-state index contributed by atoms with van der Waals surface area (Å²) in [6, 6.07) is 9.09. The Labute approximate surface area is 127 Å². The molecule has 1 heterocycles. The van der Waals surface area contributed by atoms with E-state index in [0.29, 0.717) is 23.1 Å². The third kappa shape index (κ3) is 3.37. The second-order valence-electron chi connectivity index (χ2n) is 3.97. The van der Waals surface area contributed by atoms with Gasteiger partial charge in [-0.1, -0.05) is 29.9 Å². The molecule has 6 heteroatoms. The number of rotatable bonds is 5. The lowest BCUT2D eigenvalue weighted by Crippen LogP contribution is -2.12. The normalized spacial score (nSPS) is 10.1. The van der Waals surface area contributed by atoms with E-state index in [1.807, 2.05) is 25.1 Å². The van der Waals surface area contributed by atoms with Crippen LogP contribution in [0.15, 0.2) is 36.5 Å². The zero-order valence-electron chi connectivity index (χ0n) is 10.9. The number of nitrogens with two attached hydrogens (primary N) is 1. The molecule has 0 fully saturated rings. The number of ether oxygens (including phenoxy) is 1. The van der Waals surface area contributed by atoms with Crippen LogP contribution in [0.2, 0.25) is 5.02 Å². The van der Waals surface area contributed by atoms with Gasteiger partial charge in [-0.15, -0.1) is 0 Å². The molecular formula is C14H14ClN3OS. The van der Waals surface area contributed by atoms with E-state index in [-0.39, 0.29) is 4.99 Å². The summed E-state index contributed by atoms with van der Waals surface area (Å²) >= 11 is 11.1. The van der Waals surface area contributed by atoms with E-state index in [2.05, 4.69) is 10.3 Å². The zero-order valence-corrected chi connectivity index (χ0v) is 12.5. The number of benzene rings is 1. The predicted octanol–water partition coefficient (Wildman–Crippen LogP) is 3.51. The molecule has 0 spiro atoms. The molecule has 2 aromatic rings. The number of nitrogens with zero attached hydrogens (tertiary/aromatic N) is 1. The van der Waals surface area contributed by atoms with E-state index in [1.54, 1.807) is 18.3 Å². The second kappa shape index (κ2) is 6.54. The van der Waals surface area contributed by atoms with Crippen molar-refractivity contribution < 1.29 is 4.74 Å². The molecular weight excluding hydrogens is 294 g/mol. The van der Waals surface area contributed by atoms with Gasteiger partial charge >= 0.3 is 0 Å². The van der Waals surface area contributed by atoms with Crippen LogP contribution in [0.1, 0.15) is 12.5 Å². The zero-order chi connectivity index (χ0) is 14.5. The maximum Gasteiger partial charge on any atom is 0.213 e. The first-order valence-corrected chi connectivity index (χ1v) is 6.84. The molecule has 0 aliphatic heterocycles. The van der Waals surface area contributed by atoms with E-state index in [9.17, 15) is 0 Å². The molecule has 1 aromatic heterocycles. The third-order valence-electron chi connectivity index (χ3n) is 2.57. The highest BCUT2D eigenvalue weighted by atomic mass is 35.5. The molecule has 0 radical (unpaired) electrons.